The topological polar surface area (TPSA) is 65.1 Å². The van der Waals surface area contributed by atoms with E-state index in [4.69, 9.17) is 4.98 Å². The molecule has 1 aliphatic heterocycles. The highest BCUT2D eigenvalue weighted by molar-refractivity contribution is 5.54. The Kier molecular flexibility index (Phi) is 4.73. The molecule has 3 heterocycles. The van der Waals surface area contributed by atoms with Gasteiger partial charge >= 0.3 is 0 Å². The summed E-state index contributed by atoms with van der Waals surface area (Å²) in [5.74, 6) is 1.59. The van der Waals surface area contributed by atoms with Crippen LogP contribution in [-0.2, 0) is 19.5 Å². The second kappa shape index (κ2) is 7.32. The highest BCUT2D eigenvalue weighted by Crippen LogP contribution is 2.20. The van der Waals surface area contributed by atoms with E-state index in [2.05, 4.69) is 20.9 Å². The summed E-state index contributed by atoms with van der Waals surface area (Å²) >= 11 is 0. The fraction of sp³-hybridized carbons (Fsp3) is 0.286. The van der Waals surface area contributed by atoms with Gasteiger partial charge in [-0.1, -0.05) is 36.4 Å². The lowest BCUT2D eigenvalue weighted by atomic mass is 10.1. The molecule has 6 heteroatoms. The number of aromatic amines is 1. The molecule has 0 unspecified atom stereocenters. The van der Waals surface area contributed by atoms with E-state index in [9.17, 15) is 4.79 Å². The zero-order chi connectivity index (χ0) is 18.8. The Bertz CT molecular complexity index is 980. The van der Waals surface area contributed by atoms with Gasteiger partial charge in [-0.15, -0.1) is 0 Å². The standard InChI is InChI=1S/C21H23N5O/c1-25(2)19-9-8-15(12-22-19)13-26-11-10-18-17(14-26)21(27)24-20(23-18)16-6-4-3-5-7-16/h3-9,12H,10-11,13-14H2,1-2H3,(H,23,24,27). The average Bonchev–Trinajstić information content (AvgIpc) is 2.69. The molecule has 0 spiro atoms. The van der Waals surface area contributed by atoms with Crippen LogP contribution in [0.4, 0.5) is 5.82 Å². The van der Waals surface area contributed by atoms with Crippen LogP contribution in [0.15, 0.2) is 53.5 Å². The van der Waals surface area contributed by atoms with Crippen molar-refractivity contribution in [2.45, 2.75) is 19.5 Å². The van der Waals surface area contributed by atoms with Crippen LogP contribution in [0.25, 0.3) is 11.4 Å². The monoisotopic (exact) mass is 361 g/mol. The molecule has 0 bridgehead atoms. The van der Waals surface area contributed by atoms with Gasteiger partial charge in [0.05, 0.1) is 11.3 Å². The molecule has 0 aliphatic carbocycles. The van der Waals surface area contributed by atoms with Crippen LogP contribution in [0.3, 0.4) is 0 Å². The summed E-state index contributed by atoms with van der Waals surface area (Å²) in [5, 5.41) is 0. The summed E-state index contributed by atoms with van der Waals surface area (Å²) in [4.78, 5) is 29.0. The molecule has 138 valence electrons. The molecule has 27 heavy (non-hydrogen) atoms. The predicted octanol–water partition coefficient (Wildman–Crippen LogP) is 2.46. The van der Waals surface area contributed by atoms with Gasteiger partial charge in [-0.05, 0) is 11.6 Å². The fourth-order valence-corrected chi connectivity index (χ4v) is 3.38. The van der Waals surface area contributed by atoms with Crippen LogP contribution in [-0.4, -0.2) is 40.5 Å². The number of rotatable bonds is 4. The first-order valence-corrected chi connectivity index (χ1v) is 9.12. The molecule has 2 aromatic heterocycles. The lowest BCUT2D eigenvalue weighted by Gasteiger charge is -2.27. The minimum absolute atomic E-state index is 0.0374. The number of aromatic nitrogens is 3. The maximum atomic E-state index is 12.6. The number of hydrogen-bond donors (Lipinski definition) is 1. The van der Waals surface area contributed by atoms with Crippen LogP contribution in [0.5, 0.6) is 0 Å². The Morgan fingerprint density at radius 3 is 2.67 bits per heavy atom. The molecular formula is C21H23N5O. The van der Waals surface area contributed by atoms with Crippen molar-refractivity contribution in [3.63, 3.8) is 0 Å². The third-order valence-corrected chi connectivity index (χ3v) is 4.87. The summed E-state index contributed by atoms with van der Waals surface area (Å²) in [6, 6.07) is 13.9. The summed E-state index contributed by atoms with van der Waals surface area (Å²) in [6.45, 7) is 2.27. The van der Waals surface area contributed by atoms with Crippen molar-refractivity contribution in [2.24, 2.45) is 0 Å². The Morgan fingerprint density at radius 2 is 1.96 bits per heavy atom. The van der Waals surface area contributed by atoms with E-state index in [1.165, 1.54) is 0 Å². The maximum Gasteiger partial charge on any atom is 0.255 e. The molecule has 1 N–H and O–H groups in total. The van der Waals surface area contributed by atoms with Gasteiger partial charge in [-0.3, -0.25) is 9.69 Å². The first-order chi connectivity index (χ1) is 13.1. The van der Waals surface area contributed by atoms with Crippen molar-refractivity contribution in [1.82, 2.24) is 19.9 Å². The zero-order valence-electron chi connectivity index (χ0n) is 15.6. The Balaban J connectivity index is 1.52. The SMILES string of the molecule is CN(C)c1ccc(CN2CCc3nc(-c4ccccc4)[nH]c(=O)c3C2)cn1. The molecule has 0 saturated carbocycles. The van der Waals surface area contributed by atoms with Gasteiger partial charge in [-0.2, -0.15) is 0 Å². The molecule has 0 atom stereocenters. The van der Waals surface area contributed by atoms with Crippen LogP contribution >= 0.6 is 0 Å². The first kappa shape index (κ1) is 17.4. The molecule has 0 fully saturated rings. The van der Waals surface area contributed by atoms with Crippen molar-refractivity contribution in [3.8, 4) is 11.4 Å². The number of nitrogens with zero attached hydrogens (tertiary/aromatic N) is 4. The van der Waals surface area contributed by atoms with Gasteiger partial charge in [0.15, 0.2) is 0 Å². The highest BCUT2D eigenvalue weighted by atomic mass is 16.1. The van der Waals surface area contributed by atoms with Crippen LogP contribution in [0.1, 0.15) is 16.8 Å². The van der Waals surface area contributed by atoms with E-state index in [-0.39, 0.29) is 5.56 Å². The van der Waals surface area contributed by atoms with Gasteiger partial charge < -0.3 is 9.88 Å². The number of hydrogen-bond acceptors (Lipinski definition) is 5. The summed E-state index contributed by atoms with van der Waals surface area (Å²) in [5.41, 5.74) is 3.74. The molecule has 3 aromatic rings. The molecule has 0 saturated heterocycles. The third kappa shape index (κ3) is 3.75. The van der Waals surface area contributed by atoms with Gasteiger partial charge in [0.2, 0.25) is 0 Å². The van der Waals surface area contributed by atoms with E-state index in [1.807, 2.05) is 61.6 Å². The van der Waals surface area contributed by atoms with Gasteiger partial charge in [0, 0.05) is 51.9 Å². The third-order valence-electron chi connectivity index (χ3n) is 4.87. The number of anilines is 1. The largest absolute Gasteiger partial charge is 0.363 e. The molecule has 1 aromatic carbocycles. The number of nitrogens with one attached hydrogen (secondary N) is 1. The number of pyridine rings is 1. The van der Waals surface area contributed by atoms with Crippen LogP contribution < -0.4 is 10.5 Å². The molecule has 6 nitrogen and oxygen atoms in total. The van der Waals surface area contributed by atoms with E-state index in [0.717, 1.165) is 47.7 Å². The molecule has 1 aliphatic rings. The Hall–Kier alpha value is -2.99. The lowest BCUT2D eigenvalue weighted by Crippen LogP contribution is -2.35. The van der Waals surface area contributed by atoms with Crippen LogP contribution in [0.2, 0.25) is 0 Å². The normalized spacial score (nSPS) is 14.0. The molecule has 0 radical (unpaired) electrons. The van der Waals surface area contributed by atoms with E-state index in [1.54, 1.807) is 0 Å². The molecule has 0 amide bonds. The first-order valence-electron chi connectivity index (χ1n) is 9.12. The zero-order valence-corrected chi connectivity index (χ0v) is 15.6. The highest BCUT2D eigenvalue weighted by Gasteiger charge is 2.21. The number of H-pyrrole nitrogens is 1. The number of benzene rings is 1. The minimum Gasteiger partial charge on any atom is -0.363 e. The molecule has 4 rings (SSSR count). The second-order valence-corrected chi connectivity index (χ2v) is 7.09. The van der Waals surface area contributed by atoms with Crippen molar-refractivity contribution >= 4 is 5.82 Å². The summed E-state index contributed by atoms with van der Waals surface area (Å²) < 4.78 is 0. The Morgan fingerprint density at radius 1 is 1.15 bits per heavy atom. The van der Waals surface area contributed by atoms with E-state index < -0.39 is 0 Å². The van der Waals surface area contributed by atoms with Gasteiger partial charge in [0.1, 0.15) is 11.6 Å². The van der Waals surface area contributed by atoms with Gasteiger partial charge in [-0.25, -0.2) is 9.97 Å². The van der Waals surface area contributed by atoms with Crippen molar-refractivity contribution in [2.75, 3.05) is 25.5 Å². The average molecular weight is 361 g/mol. The smallest absolute Gasteiger partial charge is 0.255 e. The quantitative estimate of drug-likeness (QED) is 0.773. The second-order valence-electron chi connectivity index (χ2n) is 7.09. The number of fused-ring (bicyclic) bond motifs is 1. The lowest BCUT2D eigenvalue weighted by molar-refractivity contribution is 0.241. The Labute approximate surface area is 158 Å². The van der Waals surface area contributed by atoms with E-state index >= 15 is 0 Å². The minimum atomic E-state index is -0.0374. The van der Waals surface area contributed by atoms with Crippen molar-refractivity contribution in [3.05, 3.63) is 75.8 Å². The molecular weight excluding hydrogens is 338 g/mol. The predicted molar refractivity (Wildman–Crippen MR) is 107 cm³/mol. The van der Waals surface area contributed by atoms with Crippen LogP contribution in [0, 0.1) is 0 Å². The van der Waals surface area contributed by atoms with Crippen molar-refractivity contribution in [1.29, 1.82) is 0 Å². The van der Waals surface area contributed by atoms with Gasteiger partial charge in [0.25, 0.3) is 5.56 Å². The van der Waals surface area contributed by atoms with Crippen molar-refractivity contribution < 1.29 is 0 Å². The van der Waals surface area contributed by atoms with E-state index in [0.29, 0.717) is 12.4 Å². The summed E-state index contributed by atoms with van der Waals surface area (Å²) in [7, 11) is 3.96. The summed E-state index contributed by atoms with van der Waals surface area (Å²) in [6.07, 6.45) is 2.69. The fourth-order valence-electron chi connectivity index (χ4n) is 3.38. The maximum absolute atomic E-state index is 12.6.